The maximum Gasteiger partial charge on any atom is 0.339 e. The van der Waals surface area contributed by atoms with Crippen LogP contribution in [0.1, 0.15) is 23.2 Å². The number of carboxylic acid groups (broad SMARTS) is 1. The molecule has 19 heavy (non-hydrogen) atoms. The number of hydrogen-bond donors (Lipinski definition) is 2. The molecule has 0 atom stereocenters. The SMILES string of the molecule is CNS(=O)(=O)c1ccc(C(=O)O)c(OCC2CC2)c1. The zero-order valence-electron chi connectivity index (χ0n) is 10.4. The Morgan fingerprint density at radius 1 is 1.47 bits per heavy atom. The van der Waals surface area contributed by atoms with Crippen LogP contribution in [0.25, 0.3) is 0 Å². The summed E-state index contributed by atoms with van der Waals surface area (Å²) in [6.45, 7) is 0.420. The van der Waals surface area contributed by atoms with Crippen LogP contribution < -0.4 is 9.46 Å². The molecule has 0 heterocycles. The molecule has 7 heteroatoms. The summed E-state index contributed by atoms with van der Waals surface area (Å²) in [5.74, 6) is -0.596. The van der Waals surface area contributed by atoms with Gasteiger partial charge >= 0.3 is 5.97 Å². The minimum absolute atomic E-state index is 0.00852. The third-order valence-electron chi connectivity index (χ3n) is 2.93. The molecule has 0 amide bonds. The molecular formula is C12H15NO5S. The first-order valence-electron chi connectivity index (χ1n) is 5.87. The summed E-state index contributed by atoms with van der Waals surface area (Å²) in [7, 11) is -2.31. The largest absolute Gasteiger partial charge is 0.492 e. The van der Waals surface area contributed by atoms with Crippen molar-refractivity contribution in [3.63, 3.8) is 0 Å². The lowest BCUT2D eigenvalue weighted by Crippen LogP contribution is -2.19. The van der Waals surface area contributed by atoms with Gasteiger partial charge in [-0.05, 0) is 37.9 Å². The lowest BCUT2D eigenvalue weighted by atomic mass is 10.2. The van der Waals surface area contributed by atoms with Crippen molar-refractivity contribution < 1.29 is 23.1 Å². The summed E-state index contributed by atoms with van der Waals surface area (Å²) >= 11 is 0. The number of ether oxygens (including phenoxy) is 1. The van der Waals surface area contributed by atoms with Gasteiger partial charge in [0.2, 0.25) is 10.0 Å². The quantitative estimate of drug-likeness (QED) is 0.816. The van der Waals surface area contributed by atoms with Gasteiger partial charge in [0.15, 0.2) is 0 Å². The van der Waals surface area contributed by atoms with E-state index in [1.165, 1.54) is 25.2 Å². The van der Waals surface area contributed by atoms with Gasteiger partial charge in [0.25, 0.3) is 0 Å². The van der Waals surface area contributed by atoms with Crippen LogP contribution in [-0.2, 0) is 10.0 Å². The van der Waals surface area contributed by atoms with E-state index in [2.05, 4.69) is 4.72 Å². The van der Waals surface area contributed by atoms with Crippen molar-refractivity contribution in [2.45, 2.75) is 17.7 Å². The van der Waals surface area contributed by atoms with Gasteiger partial charge in [0.05, 0.1) is 11.5 Å². The summed E-state index contributed by atoms with van der Waals surface area (Å²) in [4.78, 5) is 11.1. The number of rotatable bonds is 6. The Kier molecular flexibility index (Phi) is 3.77. The third kappa shape index (κ3) is 3.24. The Balaban J connectivity index is 2.33. The highest BCUT2D eigenvalue weighted by Crippen LogP contribution is 2.31. The second-order valence-electron chi connectivity index (χ2n) is 4.43. The first-order chi connectivity index (χ1) is 8.94. The fourth-order valence-electron chi connectivity index (χ4n) is 1.58. The number of nitrogens with one attached hydrogen (secondary N) is 1. The molecule has 0 bridgehead atoms. The Labute approximate surface area is 111 Å². The maximum absolute atomic E-state index is 11.7. The first kappa shape index (κ1) is 13.8. The smallest absolute Gasteiger partial charge is 0.339 e. The number of aromatic carboxylic acids is 1. The number of carbonyl (C=O) groups is 1. The molecule has 0 saturated heterocycles. The van der Waals surface area contributed by atoms with Crippen molar-refractivity contribution in [1.29, 1.82) is 0 Å². The first-order valence-corrected chi connectivity index (χ1v) is 7.36. The van der Waals surface area contributed by atoms with E-state index in [-0.39, 0.29) is 16.2 Å². The van der Waals surface area contributed by atoms with Crippen molar-refractivity contribution >= 4 is 16.0 Å². The van der Waals surface area contributed by atoms with E-state index in [9.17, 15) is 13.2 Å². The van der Waals surface area contributed by atoms with Gasteiger partial charge in [-0.15, -0.1) is 0 Å². The summed E-state index contributed by atoms with van der Waals surface area (Å²) in [6, 6.07) is 3.74. The molecule has 1 aliphatic rings. The monoisotopic (exact) mass is 285 g/mol. The fraction of sp³-hybridized carbons (Fsp3) is 0.417. The van der Waals surface area contributed by atoms with Crippen LogP contribution in [0.5, 0.6) is 5.75 Å². The zero-order valence-corrected chi connectivity index (χ0v) is 11.2. The average molecular weight is 285 g/mol. The van der Waals surface area contributed by atoms with Crippen LogP contribution in [0.4, 0.5) is 0 Å². The average Bonchev–Trinajstić information content (AvgIpc) is 3.19. The lowest BCUT2D eigenvalue weighted by Gasteiger charge is -2.10. The van der Waals surface area contributed by atoms with E-state index < -0.39 is 16.0 Å². The molecule has 1 aliphatic carbocycles. The molecule has 1 aromatic rings. The molecule has 2 N–H and O–H groups in total. The number of benzene rings is 1. The fourth-order valence-corrected chi connectivity index (χ4v) is 2.32. The van der Waals surface area contributed by atoms with Gasteiger partial charge in [-0.1, -0.05) is 0 Å². The molecule has 2 rings (SSSR count). The summed E-state index contributed by atoms with van der Waals surface area (Å²) < 4.78 is 31.0. The molecule has 0 aromatic heterocycles. The molecule has 1 aromatic carbocycles. The molecule has 0 spiro atoms. The normalized spacial score (nSPS) is 15.2. The molecular weight excluding hydrogens is 270 g/mol. The minimum atomic E-state index is -3.61. The molecule has 0 unspecified atom stereocenters. The van der Waals surface area contributed by atoms with Crippen molar-refractivity contribution in [2.75, 3.05) is 13.7 Å². The molecule has 1 saturated carbocycles. The van der Waals surface area contributed by atoms with Crippen molar-refractivity contribution in [2.24, 2.45) is 5.92 Å². The lowest BCUT2D eigenvalue weighted by molar-refractivity contribution is 0.0691. The van der Waals surface area contributed by atoms with Gasteiger partial charge in [0.1, 0.15) is 11.3 Å². The van der Waals surface area contributed by atoms with Gasteiger partial charge in [-0.3, -0.25) is 0 Å². The van der Waals surface area contributed by atoms with E-state index in [1.807, 2.05) is 0 Å². The minimum Gasteiger partial charge on any atom is -0.492 e. The molecule has 0 aliphatic heterocycles. The highest BCUT2D eigenvalue weighted by molar-refractivity contribution is 7.89. The van der Waals surface area contributed by atoms with Crippen LogP contribution >= 0.6 is 0 Å². The van der Waals surface area contributed by atoms with Gasteiger partial charge in [-0.2, -0.15) is 0 Å². The Hall–Kier alpha value is -1.60. The van der Waals surface area contributed by atoms with Crippen LogP contribution in [0.15, 0.2) is 23.1 Å². The number of hydrogen-bond acceptors (Lipinski definition) is 4. The summed E-state index contributed by atoms with van der Waals surface area (Å²) in [6.07, 6.45) is 2.13. The Bertz CT molecular complexity index is 592. The van der Waals surface area contributed by atoms with E-state index in [0.717, 1.165) is 12.8 Å². The molecule has 1 fully saturated rings. The molecule has 0 radical (unpaired) electrons. The van der Waals surface area contributed by atoms with Crippen LogP contribution in [0.3, 0.4) is 0 Å². The van der Waals surface area contributed by atoms with E-state index >= 15 is 0 Å². The Morgan fingerprint density at radius 2 is 2.16 bits per heavy atom. The highest BCUT2D eigenvalue weighted by atomic mass is 32.2. The Morgan fingerprint density at radius 3 is 2.68 bits per heavy atom. The summed E-state index contributed by atoms with van der Waals surface area (Å²) in [5, 5.41) is 9.05. The molecule has 6 nitrogen and oxygen atoms in total. The second kappa shape index (κ2) is 5.18. The molecule has 104 valence electrons. The van der Waals surface area contributed by atoms with Gasteiger partial charge in [-0.25, -0.2) is 17.9 Å². The predicted octanol–water partition coefficient (Wildman–Crippen LogP) is 1.08. The zero-order chi connectivity index (χ0) is 14.0. The van der Waals surface area contributed by atoms with Gasteiger partial charge in [0, 0.05) is 6.07 Å². The van der Waals surface area contributed by atoms with Crippen LogP contribution in [-0.4, -0.2) is 33.1 Å². The maximum atomic E-state index is 11.7. The standard InChI is InChI=1S/C12H15NO5S/c1-13-19(16,17)9-4-5-10(12(14)15)11(6-9)18-7-8-2-3-8/h4-6,8,13H,2-3,7H2,1H3,(H,14,15). The van der Waals surface area contributed by atoms with Crippen molar-refractivity contribution in [3.05, 3.63) is 23.8 Å². The van der Waals surface area contributed by atoms with E-state index in [4.69, 9.17) is 9.84 Å². The van der Waals surface area contributed by atoms with Crippen molar-refractivity contribution in [1.82, 2.24) is 4.72 Å². The predicted molar refractivity (Wildman–Crippen MR) is 67.9 cm³/mol. The van der Waals surface area contributed by atoms with Crippen LogP contribution in [0, 0.1) is 5.92 Å². The van der Waals surface area contributed by atoms with E-state index in [0.29, 0.717) is 12.5 Å². The van der Waals surface area contributed by atoms with Crippen LogP contribution in [0.2, 0.25) is 0 Å². The van der Waals surface area contributed by atoms with Crippen molar-refractivity contribution in [3.8, 4) is 5.75 Å². The third-order valence-corrected chi connectivity index (χ3v) is 4.35. The summed E-state index contributed by atoms with van der Waals surface area (Å²) in [5.41, 5.74) is -0.0318. The highest BCUT2D eigenvalue weighted by Gasteiger charge is 2.24. The second-order valence-corrected chi connectivity index (χ2v) is 6.31. The number of carboxylic acids is 1. The number of sulfonamides is 1. The topological polar surface area (TPSA) is 92.7 Å². The van der Waals surface area contributed by atoms with Gasteiger partial charge < -0.3 is 9.84 Å². The van der Waals surface area contributed by atoms with E-state index in [1.54, 1.807) is 0 Å².